The lowest BCUT2D eigenvalue weighted by molar-refractivity contribution is 0.534. The molecule has 0 aliphatic rings. The molecule has 0 radical (unpaired) electrons. The highest BCUT2D eigenvalue weighted by Crippen LogP contribution is 2.25. The van der Waals surface area contributed by atoms with Crippen molar-refractivity contribution < 1.29 is 4.39 Å². The highest BCUT2D eigenvalue weighted by atomic mass is 35.5. The predicted octanol–water partition coefficient (Wildman–Crippen LogP) is 3.39. The third-order valence-electron chi connectivity index (χ3n) is 3.05. The first-order valence-corrected chi connectivity index (χ1v) is 6.69. The summed E-state index contributed by atoms with van der Waals surface area (Å²) in [7, 11) is 1.87. The third kappa shape index (κ3) is 2.96. The fourth-order valence-electron chi connectivity index (χ4n) is 2.16. The van der Waals surface area contributed by atoms with Gasteiger partial charge in [0.05, 0.1) is 16.8 Å². The molecule has 0 fully saturated rings. The molecule has 102 valence electrons. The van der Waals surface area contributed by atoms with Crippen molar-refractivity contribution >= 4 is 11.6 Å². The molecule has 0 saturated carbocycles. The molecule has 2 rings (SSSR count). The number of benzene rings is 1. The van der Waals surface area contributed by atoms with Crippen LogP contribution in [0, 0.1) is 5.82 Å². The third-order valence-corrected chi connectivity index (χ3v) is 3.34. The fourth-order valence-corrected chi connectivity index (χ4v) is 2.35. The second-order valence-electron chi connectivity index (χ2n) is 4.37. The van der Waals surface area contributed by atoms with E-state index in [-0.39, 0.29) is 11.1 Å². The van der Waals surface area contributed by atoms with Gasteiger partial charge in [-0.3, -0.25) is 4.68 Å². The average molecular weight is 282 g/mol. The van der Waals surface area contributed by atoms with Crippen LogP contribution in [-0.4, -0.2) is 16.8 Å². The standard InChI is InChI=1S/C14H17ClFN3/c1-3-8-19-13(6-7-18-19)14(17-2)10-4-5-12(16)11(15)9-10/h4-7,9,14,17H,3,8H2,1-2H3. The zero-order chi connectivity index (χ0) is 13.8. The first kappa shape index (κ1) is 14.0. The molecule has 5 heteroatoms. The van der Waals surface area contributed by atoms with Crippen LogP contribution in [0.5, 0.6) is 0 Å². The summed E-state index contributed by atoms with van der Waals surface area (Å²) in [4.78, 5) is 0. The van der Waals surface area contributed by atoms with Crippen LogP contribution < -0.4 is 5.32 Å². The molecule has 0 amide bonds. The van der Waals surface area contributed by atoms with Gasteiger partial charge in [-0.2, -0.15) is 5.10 Å². The Kier molecular flexibility index (Phi) is 4.56. The minimum absolute atomic E-state index is 0.0489. The number of hydrogen-bond donors (Lipinski definition) is 1. The molecule has 0 bridgehead atoms. The van der Waals surface area contributed by atoms with Gasteiger partial charge >= 0.3 is 0 Å². The molecule has 3 nitrogen and oxygen atoms in total. The van der Waals surface area contributed by atoms with E-state index < -0.39 is 5.82 Å². The van der Waals surface area contributed by atoms with Crippen molar-refractivity contribution in [2.24, 2.45) is 0 Å². The molecular weight excluding hydrogens is 265 g/mol. The molecule has 0 aliphatic heterocycles. The maximum Gasteiger partial charge on any atom is 0.141 e. The Labute approximate surface area is 117 Å². The van der Waals surface area contributed by atoms with Gasteiger partial charge in [-0.1, -0.05) is 24.6 Å². The molecule has 19 heavy (non-hydrogen) atoms. The summed E-state index contributed by atoms with van der Waals surface area (Å²) in [6.45, 7) is 2.96. The van der Waals surface area contributed by atoms with Gasteiger partial charge in [-0.15, -0.1) is 0 Å². The first-order valence-electron chi connectivity index (χ1n) is 6.31. The summed E-state index contributed by atoms with van der Waals surface area (Å²) in [5.74, 6) is -0.401. The zero-order valence-corrected chi connectivity index (χ0v) is 11.8. The van der Waals surface area contributed by atoms with Gasteiger partial charge in [-0.25, -0.2) is 4.39 Å². The van der Waals surface area contributed by atoms with E-state index in [1.807, 2.05) is 17.8 Å². The highest BCUT2D eigenvalue weighted by molar-refractivity contribution is 6.30. The Morgan fingerprint density at radius 1 is 1.42 bits per heavy atom. The molecule has 1 aromatic heterocycles. The number of halogens is 2. The summed E-state index contributed by atoms with van der Waals surface area (Å²) in [6.07, 6.45) is 2.79. The van der Waals surface area contributed by atoms with Crippen molar-refractivity contribution in [1.82, 2.24) is 15.1 Å². The highest BCUT2D eigenvalue weighted by Gasteiger charge is 2.17. The monoisotopic (exact) mass is 281 g/mol. The largest absolute Gasteiger partial charge is 0.308 e. The van der Waals surface area contributed by atoms with Gasteiger partial charge in [-0.05, 0) is 37.2 Å². The summed E-state index contributed by atoms with van der Waals surface area (Å²) in [5, 5.41) is 7.67. The Balaban J connectivity index is 2.38. The van der Waals surface area contributed by atoms with Crippen LogP contribution in [0.25, 0.3) is 0 Å². The number of aromatic nitrogens is 2. The molecular formula is C14H17ClFN3. The summed E-state index contributed by atoms with van der Waals surface area (Å²) >= 11 is 5.85. The Morgan fingerprint density at radius 3 is 2.84 bits per heavy atom. The van der Waals surface area contributed by atoms with Crippen LogP contribution in [-0.2, 0) is 6.54 Å². The van der Waals surface area contributed by atoms with E-state index in [2.05, 4.69) is 17.3 Å². The number of hydrogen-bond acceptors (Lipinski definition) is 2. The van der Waals surface area contributed by atoms with E-state index in [9.17, 15) is 4.39 Å². The Bertz CT molecular complexity index is 553. The van der Waals surface area contributed by atoms with Crippen molar-refractivity contribution in [3.63, 3.8) is 0 Å². The topological polar surface area (TPSA) is 29.9 Å². The van der Waals surface area contributed by atoms with Gasteiger partial charge in [0.15, 0.2) is 0 Å². The van der Waals surface area contributed by atoms with Crippen LogP contribution in [0.15, 0.2) is 30.5 Å². The SMILES string of the molecule is CCCn1nccc1C(NC)c1ccc(F)c(Cl)c1. The smallest absolute Gasteiger partial charge is 0.141 e. The molecule has 2 aromatic rings. The lowest BCUT2D eigenvalue weighted by Crippen LogP contribution is -2.21. The lowest BCUT2D eigenvalue weighted by Gasteiger charge is -2.18. The van der Waals surface area contributed by atoms with Crippen molar-refractivity contribution in [2.45, 2.75) is 25.9 Å². The van der Waals surface area contributed by atoms with Gasteiger partial charge in [0.2, 0.25) is 0 Å². The minimum atomic E-state index is -0.401. The van der Waals surface area contributed by atoms with Gasteiger partial charge in [0, 0.05) is 12.7 Å². The van der Waals surface area contributed by atoms with Crippen molar-refractivity contribution in [1.29, 1.82) is 0 Å². The number of nitrogens with zero attached hydrogens (tertiary/aromatic N) is 2. The number of rotatable bonds is 5. The minimum Gasteiger partial charge on any atom is -0.308 e. The van der Waals surface area contributed by atoms with E-state index in [0.717, 1.165) is 24.2 Å². The molecule has 1 unspecified atom stereocenters. The van der Waals surface area contributed by atoms with Crippen LogP contribution >= 0.6 is 11.6 Å². The van der Waals surface area contributed by atoms with Gasteiger partial charge in [0.1, 0.15) is 5.82 Å². The number of aryl methyl sites for hydroxylation is 1. The van der Waals surface area contributed by atoms with Crippen LogP contribution in [0.1, 0.15) is 30.6 Å². The van der Waals surface area contributed by atoms with Gasteiger partial charge in [0.25, 0.3) is 0 Å². The van der Waals surface area contributed by atoms with Crippen LogP contribution in [0.4, 0.5) is 4.39 Å². The van der Waals surface area contributed by atoms with Crippen LogP contribution in [0.2, 0.25) is 5.02 Å². The number of nitrogens with one attached hydrogen (secondary N) is 1. The fraction of sp³-hybridized carbons (Fsp3) is 0.357. The normalized spacial score (nSPS) is 12.6. The molecule has 0 spiro atoms. The molecule has 0 aliphatic carbocycles. The molecule has 1 aromatic carbocycles. The summed E-state index contributed by atoms with van der Waals surface area (Å²) in [5.41, 5.74) is 1.97. The molecule has 1 N–H and O–H groups in total. The van der Waals surface area contributed by atoms with E-state index in [0.29, 0.717) is 0 Å². The van der Waals surface area contributed by atoms with E-state index in [1.54, 1.807) is 18.3 Å². The van der Waals surface area contributed by atoms with Crippen LogP contribution in [0.3, 0.4) is 0 Å². The Morgan fingerprint density at radius 2 is 2.21 bits per heavy atom. The maximum atomic E-state index is 13.2. The molecule has 1 atom stereocenters. The summed E-state index contributed by atoms with van der Waals surface area (Å²) < 4.78 is 15.2. The van der Waals surface area contributed by atoms with E-state index in [1.165, 1.54) is 6.07 Å². The van der Waals surface area contributed by atoms with Crippen molar-refractivity contribution in [3.8, 4) is 0 Å². The molecule has 1 heterocycles. The van der Waals surface area contributed by atoms with Crippen molar-refractivity contribution in [3.05, 3.63) is 52.6 Å². The van der Waals surface area contributed by atoms with E-state index in [4.69, 9.17) is 11.6 Å². The second-order valence-corrected chi connectivity index (χ2v) is 4.78. The maximum absolute atomic E-state index is 13.2. The average Bonchev–Trinajstić information content (AvgIpc) is 2.83. The quantitative estimate of drug-likeness (QED) is 0.910. The second kappa shape index (κ2) is 6.17. The Hall–Kier alpha value is -1.39. The lowest BCUT2D eigenvalue weighted by atomic mass is 10.0. The van der Waals surface area contributed by atoms with E-state index >= 15 is 0 Å². The zero-order valence-electron chi connectivity index (χ0n) is 11.0. The predicted molar refractivity (Wildman–Crippen MR) is 74.8 cm³/mol. The first-order chi connectivity index (χ1) is 9.17. The molecule has 0 saturated heterocycles. The summed E-state index contributed by atoms with van der Waals surface area (Å²) in [6, 6.07) is 6.70. The van der Waals surface area contributed by atoms with Gasteiger partial charge < -0.3 is 5.32 Å². The van der Waals surface area contributed by atoms with Crippen molar-refractivity contribution in [2.75, 3.05) is 7.05 Å².